The first kappa shape index (κ1) is 32.1. The number of anilines is 4. The second kappa shape index (κ2) is 12.6. The Labute approximate surface area is 265 Å². The van der Waals surface area contributed by atoms with Crippen LogP contribution in [-0.2, 0) is 20.2 Å². The Balaban J connectivity index is 1.53. The van der Waals surface area contributed by atoms with E-state index >= 15 is 0 Å². The minimum absolute atomic E-state index is 0.0398. The third kappa shape index (κ3) is 7.50. The van der Waals surface area contributed by atoms with Crippen LogP contribution < -0.4 is 10.2 Å². The topological polar surface area (TPSA) is 245 Å². The fourth-order valence-corrected chi connectivity index (χ4v) is 5.60. The van der Waals surface area contributed by atoms with E-state index in [9.17, 15) is 40.9 Å². The van der Waals surface area contributed by atoms with E-state index in [0.717, 1.165) is 11.0 Å². The fourth-order valence-electron chi connectivity index (χ4n) is 4.20. The van der Waals surface area contributed by atoms with E-state index in [1.54, 1.807) is 30.3 Å². The molecular formula is C27H20ClN7O9S2. The highest BCUT2D eigenvalue weighted by molar-refractivity contribution is 7.86. The van der Waals surface area contributed by atoms with E-state index in [-0.39, 0.29) is 44.9 Å². The number of hydrogen-bond acceptors (Lipinski definition) is 13. The Bertz CT molecular complexity index is 2240. The molecule has 0 amide bonds. The number of para-hydroxylation sites is 1. The number of phenolic OH excluding ortho intramolecular Hbond substituents is 1. The van der Waals surface area contributed by atoms with Crippen LogP contribution in [0.4, 0.5) is 34.6 Å². The predicted molar refractivity (Wildman–Crippen MR) is 166 cm³/mol. The lowest BCUT2D eigenvalue weighted by molar-refractivity contribution is 0.0696. The van der Waals surface area contributed by atoms with Crippen LogP contribution in [0.2, 0.25) is 5.28 Å². The van der Waals surface area contributed by atoms with Gasteiger partial charge in [-0.25, -0.2) is 4.79 Å². The molecule has 1 heterocycles. The van der Waals surface area contributed by atoms with Crippen molar-refractivity contribution in [2.24, 2.45) is 10.2 Å². The second-order valence-corrected chi connectivity index (χ2v) is 12.5. The van der Waals surface area contributed by atoms with Crippen molar-refractivity contribution in [2.45, 2.75) is 4.90 Å². The van der Waals surface area contributed by atoms with Crippen LogP contribution in [0.3, 0.4) is 0 Å². The molecule has 0 aliphatic heterocycles. The van der Waals surface area contributed by atoms with Gasteiger partial charge in [0.1, 0.15) is 10.6 Å². The number of rotatable bonds is 10. The van der Waals surface area contributed by atoms with E-state index in [1.807, 2.05) is 0 Å². The first-order valence-corrected chi connectivity index (χ1v) is 16.1. The number of hydrogen-bond donors (Lipinski definition) is 5. The van der Waals surface area contributed by atoms with Crippen LogP contribution in [-0.4, -0.2) is 63.0 Å². The molecule has 0 bridgehead atoms. The van der Waals surface area contributed by atoms with Gasteiger partial charge < -0.3 is 15.5 Å². The number of phenols is 1. The lowest BCUT2D eigenvalue weighted by atomic mass is 10.1. The van der Waals surface area contributed by atoms with Crippen LogP contribution in [0.25, 0.3) is 10.8 Å². The van der Waals surface area contributed by atoms with Crippen molar-refractivity contribution in [3.05, 3.63) is 89.7 Å². The molecule has 0 aliphatic carbocycles. The molecule has 236 valence electrons. The normalized spacial score (nSPS) is 12.0. The summed E-state index contributed by atoms with van der Waals surface area (Å²) in [5.74, 6) is -3.18. The average Bonchev–Trinajstić information content (AvgIpc) is 2.98. The molecule has 0 unspecified atom stereocenters. The third-order valence-electron chi connectivity index (χ3n) is 6.14. The number of aromatic carboxylic acids is 1. The number of fused-ring (bicyclic) bond motifs is 1. The van der Waals surface area contributed by atoms with Gasteiger partial charge in [-0.2, -0.15) is 36.9 Å². The van der Waals surface area contributed by atoms with E-state index < -0.39 is 48.4 Å². The molecule has 46 heavy (non-hydrogen) atoms. The summed E-state index contributed by atoms with van der Waals surface area (Å²) in [6, 6.07) is 18.6. The first-order chi connectivity index (χ1) is 21.7. The molecule has 5 N–H and O–H groups in total. The summed E-state index contributed by atoms with van der Waals surface area (Å²) < 4.78 is 67.5. The summed E-state index contributed by atoms with van der Waals surface area (Å²) in [4.78, 5) is 23.7. The standard InChI is InChI=1S/C27H20ClN7O9S2/c28-25-30-26(32-27(31-25)35(14-45(39,40)41)19-7-2-1-3-8-19)29-17-9-10-20-16(12-17)13-21(46(42,43)44)22(23(20)36)34-33-18-6-4-5-15(11-18)24(37)38/h1-13,36H,14H2,(H,37,38)(H,39,40,41)(H,42,43,44)(H,29,30,31,32). The number of carbonyl (C=O) groups is 1. The Morgan fingerprint density at radius 2 is 1.63 bits per heavy atom. The zero-order valence-corrected chi connectivity index (χ0v) is 25.3. The molecular weight excluding hydrogens is 666 g/mol. The Morgan fingerprint density at radius 1 is 0.891 bits per heavy atom. The summed E-state index contributed by atoms with van der Waals surface area (Å²) in [5, 5.41) is 30.5. The second-order valence-electron chi connectivity index (χ2n) is 9.37. The minimum atomic E-state index is -4.96. The average molecular weight is 686 g/mol. The van der Waals surface area contributed by atoms with Crippen LogP contribution >= 0.6 is 11.6 Å². The molecule has 4 aromatic carbocycles. The fraction of sp³-hybridized carbons (Fsp3) is 0.0370. The number of benzene rings is 4. The van der Waals surface area contributed by atoms with Gasteiger partial charge >= 0.3 is 5.97 Å². The zero-order valence-electron chi connectivity index (χ0n) is 22.9. The van der Waals surface area contributed by atoms with E-state index in [0.29, 0.717) is 5.69 Å². The van der Waals surface area contributed by atoms with Gasteiger partial charge in [0, 0.05) is 16.8 Å². The minimum Gasteiger partial charge on any atom is -0.505 e. The van der Waals surface area contributed by atoms with Crippen molar-refractivity contribution in [1.82, 2.24) is 15.0 Å². The molecule has 16 nitrogen and oxygen atoms in total. The number of halogens is 1. The van der Waals surface area contributed by atoms with Crippen molar-refractivity contribution < 1.29 is 40.9 Å². The van der Waals surface area contributed by atoms with E-state index in [4.69, 9.17) is 11.6 Å². The maximum Gasteiger partial charge on any atom is 0.335 e. The largest absolute Gasteiger partial charge is 0.505 e. The molecule has 0 aliphatic rings. The van der Waals surface area contributed by atoms with Gasteiger partial charge in [-0.15, -0.1) is 5.11 Å². The van der Waals surface area contributed by atoms with E-state index in [2.05, 4.69) is 30.5 Å². The van der Waals surface area contributed by atoms with Crippen molar-refractivity contribution in [3.8, 4) is 5.75 Å². The Morgan fingerprint density at radius 3 is 2.30 bits per heavy atom. The van der Waals surface area contributed by atoms with Crippen molar-refractivity contribution in [1.29, 1.82) is 0 Å². The molecule has 0 radical (unpaired) electrons. The van der Waals surface area contributed by atoms with Gasteiger partial charge in [0.05, 0.1) is 11.3 Å². The smallest absolute Gasteiger partial charge is 0.335 e. The highest BCUT2D eigenvalue weighted by Crippen LogP contribution is 2.42. The van der Waals surface area contributed by atoms with Crippen LogP contribution in [0.15, 0.2) is 94.0 Å². The van der Waals surface area contributed by atoms with E-state index in [1.165, 1.54) is 42.5 Å². The molecule has 19 heteroatoms. The van der Waals surface area contributed by atoms with Crippen molar-refractivity contribution >= 4 is 83.2 Å². The predicted octanol–water partition coefficient (Wildman–Crippen LogP) is 5.47. The summed E-state index contributed by atoms with van der Waals surface area (Å²) in [6.07, 6.45) is 0. The lowest BCUT2D eigenvalue weighted by Gasteiger charge is -2.21. The molecule has 0 fully saturated rings. The summed E-state index contributed by atoms with van der Waals surface area (Å²) in [7, 11) is -9.51. The molecule has 0 saturated heterocycles. The first-order valence-electron chi connectivity index (χ1n) is 12.7. The van der Waals surface area contributed by atoms with Crippen LogP contribution in [0, 0.1) is 0 Å². The van der Waals surface area contributed by atoms with Gasteiger partial charge in [0.2, 0.25) is 17.2 Å². The quantitative estimate of drug-likeness (QED) is 0.0904. The monoisotopic (exact) mass is 685 g/mol. The third-order valence-corrected chi connectivity index (χ3v) is 7.76. The summed E-state index contributed by atoms with van der Waals surface area (Å²) in [5.41, 5.74) is -0.104. The highest BCUT2D eigenvalue weighted by atomic mass is 35.5. The molecule has 0 saturated carbocycles. The van der Waals surface area contributed by atoms with Crippen molar-refractivity contribution in [3.63, 3.8) is 0 Å². The van der Waals surface area contributed by atoms with Crippen molar-refractivity contribution in [2.75, 3.05) is 16.1 Å². The number of nitrogens with zero attached hydrogens (tertiary/aromatic N) is 6. The Kier molecular flexibility index (Phi) is 8.81. The number of nitrogens with one attached hydrogen (secondary N) is 1. The maximum absolute atomic E-state index is 12.3. The maximum atomic E-state index is 12.3. The van der Waals surface area contributed by atoms with Gasteiger partial charge in [0.25, 0.3) is 20.2 Å². The Hall–Kier alpha value is -5.27. The van der Waals surface area contributed by atoms with Crippen LogP contribution in [0.5, 0.6) is 5.75 Å². The SMILES string of the molecule is O=C(O)c1cccc(N=Nc2c(S(=O)(=O)O)cc3cc(Nc4nc(Cl)nc(N(CS(=O)(=O)O)c5ccccc5)n4)ccc3c2O)c1. The molecule has 0 atom stereocenters. The van der Waals surface area contributed by atoms with Gasteiger partial charge in [0.15, 0.2) is 11.6 Å². The number of aromatic nitrogens is 3. The van der Waals surface area contributed by atoms with Gasteiger partial charge in [-0.3, -0.25) is 14.0 Å². The number of azo groups is 1. The lowest BCUT2D eigenvalue weighted by Crippen LogP contribution is -2.27. The summed E-state index contributed by atoms with van der Waals surface area (Å²) >= 11 is 6.10. The van der Waals surface area contributed by atoms with Crippen LogP contribution in [0.1, 0.15) is 10.4 Å². The highest BCUT2D eigenvalue weighted by Gasteiger charge is 2.23. The molecule has 5 rings (SSSR count). The van der Waals surface area contributed by atoms with Gasteiger partial charge in [-0.1, -0.05) is 24.3 Å². The summed E-state index contributed by atoms with van der Waals surface area (Å²) in [6.45, 7) is 0. The molecule has 0 spiro atoms. The molecule has 1 aromatic heterocycles. The van der Waals surface area contributed by atoms with Gasteiger partial charge in [-0.05, 0) is 71.6 Å². The molecule has 5 aromatic rings. The number of aromatic hydroxyl groups is 1. The number of carboxylic acids is 1. The number of carboxylic acid groups (broad SMARTS) is 1. The zero-order chi connectivity index (χ0) is 33.2.